The first-order chi connectivity index (χ1) is 9.61. The van der Waals surface area contributed by atoms with Crippen molar-refractivity contribution in [2.45, 2.75) is 83.5 Å². The number of hydrogen-bond donors (Lipinski definition) is 0. The molecule has 0 aliphatic carbocycles. The fourth-order valence-electron chi connectivity index (χ4n) is 1.92. The highest BCUT2D eigenvalue weighted by atomic mass is 32.2. The Balaban J connectivity index is 3.83. The molecule has 0 saturated heterocycles. The van der Waals surface area contributed by atoms with Gasteiger partial charge < -0.3 is 4.74 Å². The maximum atomic E-state index is 12.0. The average Bonchev–Trinajstić information content (AvgIpc) is 2.40. The van der Waals surface area contributed by atoms with Gasteiger partial charge in [0.2, 0.25) is 0 Å². The zero-order valence-electron chi connectivity index (χ0n) is 13.3. The van der Waals surface area contributed by atoms with E-state index in [9.17, 15) is 9.18 Å². The van der Waals surface area contributed by atoms with Gasteiger partial charge in [0, 0.05) is 0 Å². The van der Waals surface area contributed by atoms with Crippen molar-refractivity contribution < 1.29 is 13.9 Å². The summed E-state index contributed by atoms with van der Waals surface area (Å²) in [5, 5.41) is -0.0109. The zero-order chi connectivity index (χ0) is 15.2. The van der Waals surface area contributed by atoms with Crippen LogP contribution in [0.15, 0.2) is 0 Å². The number of esters is 1. The zero-order valence-corrected chi connectivity index (χ0v) is 14.1. The monoisotopic (exact) mass is 306 g/mol. The number of ether oxygens (including phenoxy) is 1. The van der Waals surface area contributed by atoms with Crippen molar-refractivity contribution in [1.82, 2.24) is 0 Å². The molecule has 0 spiro atoms. The first kappa shape index (κ1) is 19.8. The summed E-state index contributed by atoms with van der Waals surface area (Å²) >= 11 is 1.73. The van der Waals surface area contributed by atoms with Crippen molar-refractivity contribution in [3.05, 3.63) is 0 Å². The number of hydrogen-bond acceptors (Lipinski definition) is 3. The van der Waals surface area contributed by atoms with E-state index in [-0.39, 0.29) is 24.0 Å². The molecule has 1 atom stereocenters. The molecule has 0 rings (SSSR count). The second kappa shape index (κ2) is 13.7. The largest absolute Gasteiger partial charge is 0.462 e. The Hall–Kier alpha value is -0.250. The van der Waals surface area contributed by atoms with Crippen molar-refractivity contribution in [2.24, 2.45) is 0 Å². The van der Waals surface area contributed by atoms with E-state index in [1.165, 1.54) is 0 Å². The van der Waals surface area contributed by atoms with Crippen molar-refractivity contribution in [1.29, 1.82) is 0 Å². The SMILES string of the molecule is CCCCC(SCCCCCCCF)C(=O)OC(C)C. The number of halogens is 1. The van der Waals surface area contributed by atoms with Gasteiger partial charge in [0.25, 0.3) is 0 Å². The lowest BCUT2D eigenvalue weighted by Gasteiger charge is -2.17. The van der Waals surface area contributed by atoms with Crippen molar-refractivity contribution in [3.63, 3.8) is 0 Å². The average molecular weight is 306 g/mol. The Bertz CT molecular complexity index is 235. The van der Waals surface area contributed by atoms with Crippen LogP contribution in [0.2, 0.25) is 0 Å². The van der Waals surface area contributed by atoms with Crippen molar-refractivity contribution in [3.8, 4) is 0 Å². The number of carbonyl (C=O) groups is 1. The Morgan fingerprint density at radius 1 is 1.10 bits per heavy atom. The van der Waals surface area contributed by atoms with Gasteiger partial charge in [-0.15, -0.1) is 11.8 Å². The quantitative estimate of drug-likeness (QED) is 0.348. The fourth-order valence-corrected chi connectivity index (χ4v) is 3.10. The smallest absolute Gasteiger partial charge is 0.319 e. The van der Waals surface area contributed by atoms with Gasteiger partial charge >= 0.3 is 5.97 Å². The van der Waals surface area contributed by atoms with E-state index in [0.29, 0.717) is 6.42 Å². The molecule has 0 bridgehead atoms. The third-order valence-corrected chi connectivity index (χ3v) is 4.39. The summed E-state index contributed by atoms with van der Waals surface area (Å²) in [5.74, 6) is 0.938. The Morgan fingerprint density at radius 3 is 2.35 bits per heavy atom. The summed E-state index contributed by atoms with van der Waals surface area (Å²) in [7, 11) is 0. The molecule has 0 aromatic heterocycles. The van der Waals surface area contributed by atoms with Gasteiger partial charge in [-0.3, -0.25) is 9.18 Å². The summed E-state index contributed by atoms with van der Waals surface area (Å²) in [6, 6.07) is 0. The third kappa shape index (κ3) is 11.6. The van der Waals surface area contributed by atoms with E-state index in [4.69, 9.17) is 4.74 Å². The Morgan fingerprint density at radius 2 is 1.75 bits per heavy atom. The molecule has 20 heavy (non-hydrogen) atoms. The molecular weight excluding hydrogens is 275 g/mol. The summed E-state index contributed by atoms with van der Waals surface area (Å²) in [6.45, 7) is 5.73. The molecule has 0 aromatic rings. The van der Waals surface area contributed by atoms with Crippen molar-refractivity contribution >= 4 is 17.7 Å². The molecule has 4 heteroatoms. The molecule has 0 radical (unpaired) electrons. The predicted octanol–water partition coefficient (Wildman–Crippen LogP) is 5.15. The van der Waals surface area contributed by atoms with Crippen LogP contribution in [0.3, 0.4) is 0 Å². The molecule has 0 N–H and O–H groups in total. The van der Waals surface area contributed by atoms with Gasteiger partial charge in [0.1, 0.15) is 5.25 Å². The normalized spacial score (nSPS) is 12.7. The lowest BCUT2D eigenvalue weighted by molar-refractivity contribution is -0.146. The summed E-state index contributed by atoms with van der Waals surface area (Å²) in [5.41, 5.74) is 0. The molecule has 0 fully saturated rings. The van der Waals surface area contributed by atoms with Crippen LogP contribution in [0.25, 0.3) is 0 Å². The standard InChI is InChI=1S/C16H31FO2S/c1-4-5-11-15(16(18)19-14(2)3)20-13-10-8-6-7-9-12-17/h14-15H,4-13H2,1-3H3. The second-order valence-electron chi connectivity index (χ2n) is 5.44. The minimum atomic E-state index is -0.200. The highest BCUT2D eigenvalue weighted by molar-refractivity contribution is 8.00. The molecule has 2 nitrogen and oxygen atoms in total. The van der Waals surface area contributed by atoms with Crippen LogP contribution in [0, 0.1) is 0 Å². The van der Waals surface area contributed by atoms with E-state index in [2.05, 4.69) is 6.92 Å². The van der Waals surface area contributed by atoms with E-state index in [1.807, 2.05) is 13.8 Å². The number of thioether (sulfide) groups is 1. The van der Waals surface area contributed by atoms with Crippen LogP contribution in [0.4, 0.5) is 4.39 Å². The van der Waals surface area contributed by atoms with E-state index in [1.54, 1.807) is 11.8 Å². The van der Waals surface area contributed by atoms with E-state index >= 15 is 0 Å². The first-order valence-electron chi connectivity index (χ1n) is 7.99. The lowest BCUT2D eigenvalue weighted by Crippen LogP contribution is -2.23. The van der Waals surface area contributed by atoms with Gasteiger partial charge in [-0.2, -0.15) is 0 Å². The second-order valence-corrected chi connectivity index (χ2v) is 6.75. The molecule has 0 aliphatic heterocycles. The molecule has 0 amide bonds. The summed E-state index contributed by atoms with van der Waals surface area (Å²) in [6.07, 6.45) is 8.06. The van der Waals surface area contributed by atoms with Crippen LogP contribution in [0.5, 0.6) is 0 Å². The van der Waals surface area contributed by atoms with E-state index in [0.717, 1.165) is 50.7 Å². The van der Waals surface area contributed by atoms with Gasteiger partial charge in [-0.25, -0.2) is 0 Å². The number of carbonyl (C=O) groups excluding carboxylic acids is 1. The molecule has 0 heterocycles. The highest BCUT2D eigenvalue weighted by Crippen LogP contribution is 2.21. The minimum absolute atomic E-state index is 0.0109. The van der Waals surface area contributed by atoms with Crippen LogP contribution >= 0.6 is 11.8 Å². The lowest BCUT2D eigenvalue weighted by atomic mass is 10.2. The van der Waals surface area contributed by atoms with Gasteiger partial charge in [0.05, 0.1) is 12.8 Å². The molecular formula is C16H31FO2S. The van der Waals surface area contributed by atoms with Gasteiger partial charge in [-0.05, 0) is 38.9 Å². The van der Waals surface area contributed by atoms with Crippen LogP contribution in [0.1, 0.15) is 72.1 Å². The Kier molecular flexibility index (Phi) is 13.5. The fraction of sp³-hybridized carbons (Fsp3) is 0.938. The first-order valence-corrected chi connectivity index (χ1v) is 9.04. The van der Waals surface area contributed by atoms with Crippen LogP contribution in [-0.2, 0) is 9.53 Å². The molecule has 0 aromatic carbocycles. The van der Waals surface area contributed by atoms with Crippen LogP contribution in [-0.4, -0.2) is 29.8 Å². The number of alkyl halides is 1. The van der Waals surface area contributed by atoms with Gasteiger partial charge in [-0.1, -0.05) is 39.0 Å². The molecule has 0 aliphatic rings. The molecule has 120 valence electrons. The third-order valence-electron chi connectivity index (χ3n) is 3.03. The maximum Gasteiger partial charge on any atom is 0.319 e. The summed E-state index contributed by atoms with van der Waals surface area (Å²) < 4.78 is 17.2. The highest BCUT2D eigenvalue weighted by Gasteiger charge is 2.20. The number of unbranched alkanes of at least 4 members (excludes halogenated alkanes) is 5. The van der Waals surface area contributed by atoms with Gasteiger partial charge in [0.15, 0.2) is 0 Å². The predicted molar refractivity (Wildman–Crippen MR) is 86.1 cm³/mol. The van der Waals surface area contributed by atoms with E-state index < -0.39 is 0 Å². The number of rotatable bonds is 13. The maximum absolute atomic E-state index is 12.0. The summed E-state index contributed by atoms with van der Waals surface area (Å²) in [4.78, 5) is 12.0. The topological polar surface area (TPSA) is 26.3 Å². The van der Waals surface area contributed by atoms with Crippen LogP contribution < -0.4 is 0 Å². The molecule has 1 unspecified atom stereocenters. The van der Waals surface area contributed by atoms with Crippen molar-refractivity contribution in [2.75, 3.05) is 12.4 Å². The Labute approximate surface area is 128 Å². The molecule has 0 saturated carbocycles. The minimum Gasteiger partial charge on any atom is -0.462 e.